The lowest BCUT2D eigenvalue weighted by Crippen LogP contribution is -2.24. The number of rotatable bonds is 6. The molecule has 0 spiro atoms. The molecule has 0 saturated heterocycles. The van der Waals surface area contributed by atoms with E-state index >= 15 is 0 Å². The summed E-state index contributed by atoms with van der Waals surface area (Å²) < 4.78 is 10.6. The van der Waals surface area contributed by atoms with Crippen molar-refractivity contribution < 1.29 is 9.47 Å². The van der Waals surface area contributed by atoms with Gasteiger partial charge in [0.1, 0.15) is 11.5 Å². The van der Waals surface area contributed by atoms with Crippen molar-refractivity contribution in [3.8, 4) is 11.5 Å². The van der Waals surface area contributed by atoms with E-state index in [2.05, 4.69) is 12.2 Å². The molecule has 1 rings (SSSR count). The first kappa shape index (κ1) is 12.8. The number of hydrogen-bond donors (Lipinski definition) is 2. The van der Waals surface area contributed by atoms with E-state index in [9.17, 15) is 0 Å². The average Bonchev–Trinajstić information content (AvgIpc) is 2.30. The Morgan fingerprint density at radius 2 is 2.00 bits per heavy atom. The Balaban J connectivity index is 2.88. The van der Waals surface area contributed by atoms with Crippen LogP contribution in [0.4, 0.5) is 0 Å². The van der Waals surface area contributed by atoms with Crippen LogP contribution in [-0.4, -0.2) is 27.4 Å². The van der Waals surface area contributed by atoms with Crippen LogP contribution in [0.25, 0.3) is 0 Å². The Kier molecular flexibility index (Phi) is 5.08. The fraction of sp³-hybridized carbons (Fsp3) is 0.500. The molecule has 0 amide bonds. The number of benzene rings is 1. The highest BCUT2D eigenvalue weighted by molar-refractivity contribution is 5.46. The lowest BCUT2D eigenvalue weighted by atomic mass is 10.0. The van der Waals surface area contributed by atoms with E-state index < -0.39 is 0 Å². The van der Waals surface area contributed by atoms with Gasteiger partial charge >= 0.3 is 0 Å². The van der Waals surface area contributed by atoms with Crippen molar-refractivity contribution in [3.63, 3.8) is 0 Å². The molecule has 0 unspecified atom stereocenters. The Hall–Kier alpha value is -1.26. The fourth-order valence-electron chi connectivity index (χ4n) is 1.69. The van der Waals surface area contributed by atoms with Crippen molar-refractivity contribution in [2.75, 3.05) is 27.4 Å². The normalized spacial score (nSPS) is 10.2. The predicted octanol–water partition coefficient (Wildman–Crippen LogP) is 1.06. The van der Waals surface area contributed by atoms with Crippen LogP contribution < -0.4 is 20.5 Å². The van der Waals surface area contributed by atoms with E-state index in [0.29, 0.717) is 6.67 Å². The zero-order chi connectivity index (χ0) is 12.0. The van der Waals surface area contributed by atoms with Gasteiger partial charge in [-0.2, -0.15) is 0 Å². The highest BCUT2D eigenvalue weighted by Gasteiger charge is 2.08. The number of methoxy groups -OCH3 is 2. The molecule has 4 heteroatoms. The maximum absolute atomic E-state index is 5.38. The molecule has 0 atom stereocenters. The summed E-state index contributed by atoms with van der Waals surface area (Å²) in [6.45, 7) is 3.40. The molecule has 3 N–H and O–H groups in total. The summed E-state index contributed by atoms with van der Waals surface area (Å²) >= 11 is 0. The van der Waals surface area contributed by atoms with Gasteiger partial charge in [0.05, 0.1) is 14.2 Å². The van der Waals surface area contributed by atoms with Gasteiger partial charge in [-0.3, -0.25) is 0 Å². The third-order valence-electron chi connectivity index (χ3n) is 2.56. The molecule has 1 aromatic carbocycles. The van der Waals surface area contributed by atoms with Gasteiger partial charge in [0, 0.05) is 19.3 Å². The predicted molar refractivity (Wildman–Crippen MR) is 65.0 cm³/mol. The minimum absolute atomic E-state index is 0.498. The Morgan fingerprint density at radius 1 is 1.25 bits per heavy atom. The molecular weight excluding hydrogens is 204 g/mol. The van der Waals surface area contributed by atoms with Gasteiger partial charge in [-0.1, -0.05) is 0 Å². The van der Waals surface area contributed by atoms with Crippen LogP contribution in [0, 0.1) is 6.92 Å². The van der Waals surface area contributed by atoms with Gasteiger partial charge < -0.3 is 20.5 Å². The molecule has 0 saturated carbocycles. The summed E-state index contributed by atoms with van der Waals surface area (Å²) in [6, 6.07) is 3.92. The van der Waals surface area contributed by atoms with E-state index in [-0.39, 0.29) is 0 Å². The maximum atomic E-state index is 5.38. The topological polar surface area (TPSA) is 56.5 Å². The molecule has 0 bridgehead atoms. The van der Waals surface area contributed by atoms with Crippen molar-refractivity contribution in [3.05, 3.63) is 23.3 Å². The third-order valence-corrected chi connectivity index (χ3v) is 2.56. The quantitative estimate of drug-likeness (QED) is 0.560. The van der Waals surface area contributed by atoms with Crippen LogP contribution in [0.15, 0.2) is 12.1 Å². The Morgan fingerprint density at radius 3 is 2.56 bits per heavy atom. The molecule has 0 fully saturated rings. The number of ether oxygens (including phenoxy) is 2. The van der Waals surface area contributed by atoms with E-state index in [0.717, 1.165) is 24.5 Å². The van der Waals surface area contributed by atoms with Crippen molar-refractivity contribution >= 4 is 0 Å². The molecule has 0 aromatic heterocycles. The van der Waals surface area contributed by atoms with Crippen molar-refractivity contribution in [1.82, 2.24) is 5.32 Å². The van der Waals surface area contributed by atoms with E-state index in [1.54, 1.807) is 14.2 Å². The van der Waals surface area contributed by atoms with Gasteiger partial charge in [-0.25, -0.2) is 0 Å². The largest absolute Gasteiger partial charge is 0.497 e. The van der Waals surface area contributed by atoms with Crippen LogP contribution in [0.2, 0.25) is 0 Å². The first-order valence-electron chi connectivity index (χ1n) is 5.35. The third kappa shape index (κ3) is 3.12. The second-order valence-electron chi connectivity index (χ2n) is 3.58. The van der Waals surface area contributed by atoms with Gasteiger partial charge in [-0.15, -0.1) is 0 Å². The zero-order valence-electron chi connectivity index (χ0n) is 10.2. The number of hydrogen-bond acceptors (Lipinski definition) is 4. The van der Waals surface area contributed by atoms with E-state index in [1.165, 1.54) is 11.1 Å². The Bertz CT molecular complexity index is 340. The monoisotopic (exact) mass is 224 g/mol. The minimum atomic E-state index is 0.498. The highest BCUT2D eigenvalue weighted by Crippen LogP contribution is 2.28. The summed E-state index contributed by atoms with van der Waals surface area (Å²) in [5.41, 5.74) is 7.76. The minimum Gasteiger partial charge on any atom is -0.497 e. The number of aryl methyl sites for hydroxylation is 1. The second-order valence-corrected chi connectivity index (χ2v) is 3.58. The number of nitrogens with two attached hydrogens (primary N) is 1. The van der Waals surface area contributed by atoms with Crippen molar-refractivity contribution in [2.45, 2.75) is 13.3 Å². The first-order chi connectivity index (χ1) is 7.72. The summed E-state index contributed by atoms with van der Waals surface area (Å²) in [7, 11) is 3.33. The molecule has 90 valence electrons. The lowest BCUT2D eigenvalue weighted by molar-refractivity contribution is 0.390. The second kappa shape index (κ2) is 6.35. The summed E-state index contributed by atoms with van der Waals surface area (Å²) in [5, 5.41) is 3.09. The summed E-state index contributed by atoms with van der Waals surface area (Å²) in [5.74, 6) is 1.69. The SMILES string of the molecule is COc1cc(C)c(CCNCN)c(OC)c1. The lowest BCUT2D eigenvalue weighted by Gasteiger charge is -2.13. The molecule has 0 aliphatic heterocycles. The van der Waals surface area contributed by atoms with Gasteiger partial charge in [0.15, 0.2) is 0 Å². The van der Waals surface area contributed by atoms with Crippen molar-refractivity contribution in [1.29, 1.82) is 0 Å². The van der Waals surface area contributed by atoms with Crippen LogP contribution >= 0.6 is 0 Å². The average molecular weight is 224 g/mol. The molecule has 0 heterocycles. The van der Waals surface area contributed by atoms with Crippen LogP contribution in [0.3, 0.4) is 0 Å². The fourth-order valence-corrected chi connectivity index (χ4v) is 1.69. The summed E-state index contributed by atoms with van der Waals surface area (Å²) in [4.78, 5) is 0. The maximum Gasteiger partial charge on any atom is 0.126 e. The standard InChI is InChI=1S/C12H20N2O2/c1-9-6-10(15-2)7-12(16-3)11(9)4-5-14-8-13/h6-7,14H,4-5,8,13H2,1-3H3. The Labute approximate surface area is 96.7 Å². The van der Waals surface area contributed by atoms with Crippen LogP contribution in [0.1, 0.15) is 11.1 Å². The van der Waals surface area contributed by atoms with Crippen molar-refractivity contribution in [2.24, 2.45) is 5.73 Å². The highest BCUT2D eigenvalue weighted by atomic mass is 16.5. The molecule has 16 heavy (non-hydrogen) atoms. The number of nitrogens with one attached hydrogen (secondary N) is 1. The molecule has 4 nitrogen and oxygen atoms in total. The molecule has 1 aromatic rings. The van der Waals surface area contributed by atoms with Gasteiger partial charge in [0.25, 0.3) is 0 Å². The van der Waals surface area contributed by atoms with E-state index in [1.807, 2.05) is 12.1 Å². The van der Waals surface area contributed by atoms with Crippen LogP contribution in [-0.2, 0) is 6.42 Å². The summed E-state index contributed by atoms with van der Waals surface area (Å²) in [6.07, 6.45) is 0.899. The first-order valence-corrected chi connectivity index (χ1v) is 5.35. The zero-order valence-corrected chi connectivity index (χ0v) is 10.2. The van der Waals surface area contributed by atoms with Gasteiger partial charge in [-0.05, 0) is 30.5 Å². The van der Waals surface area contributed by atoms with E-state index in [4.69, 9.17) is 15.2 Å². The van der Waals surface area contributed by atoms with Crippen LogP contribution in [0.5, 0.6) is 11.5 Å². The van der Waals surface area contributed by atoms with Gasteiger partial charge in [0.2, 0.25) is 0 Å². The molecule has 0 aliphatic rings. The molecule has 0 aliphatic carbocycles. The molecular formula is C12H20N2O2. The molecule has 0 radical (unpaired) electrons. The smallest absolute Gasteiger partial charge is 0.126 e.